The summed E-state index contributed by atoms with van der Waals surface area (Å²) in [7, 11) is 0. The number of carbonyl (C=O) groups is 1. The Hall–Kier alpha value is -2.11. The number of rotatable bonds is 8. The summed E-state index contributed by atoms with van der Waals surface area (Å²) in [5.41, 5.74) is 1.37. The lowest BCUT2D eigenvalue weighted by atomic mass is 10.0. The van der Waals surface area contributed by atoms with Gasteiger partial charge in [0, 0.05) is 19.6 Å². The van der Waals surface area contributed by atoms with Crippen LogP contribution in [0, 0.1) is 0 Å². The van der Waals surface area contributed by atoms with Gasteiger partial charge in [0.25, 0.3) is 5.91 Å². The molecule has 2 atom stereocenters. The van der Waals surface area contributed by atoms with Crippen LogP contribution in [0.25, 0.3) is 0 Å². The molecule has 0 spiro atoms. The average molecular weight is 316 g/mol. The molecule has 5 nitrogen and oxygen atoms in total. The van der Waals surface area contributed by atoms with Crippen LogP contribution in [0.1, 0.15) is 25.0 Å². The molecule has 0 saturated heterocycles. The molecule has 0 bridgehead atoms. The predicted octanol–water partition coefficient (Wildman–Crippen LogP) is 2.50. The zero-order valence-corrected chi connectivity index (χ0v) is 13.5. The molecule has 0 aromatic heterocycles. The molecule has 124 valence electrons. The molecule has 1 aromatic rings. The standard InChI is InChI=1S/C18H24N2O3/c1-4-9-20(10-5-2)11-8-16(21)14-6-7-17-15(12-14)19-18(22)13(3)23-17/h4-7,12-13,16,21H,1-2,8-11H2,3H3,(H,19,22). The highest BCUT2D eigenvalue weighted by molar-refractivity contribution is 5.97. The van der Waals surface area contributed by atoms with E-state index in [-0.39, 0.29) is 5.91 Å². The maximum Gasteiger partial charge on any atom is 0.265 e. The van der Waals surface area contributed by atoms with E-state index in [2.05, 4.69) is 23.4 Å². The van der Waals surface area contributed by atoms with E-state index in [0.717, 1.165) is 25.2 Å². The average Bonchev–Trinajstić information content (AvgIpc) is 2.53. The van der Waals surface area contributed by atoms with Crippen LogP contribution in [0.2, 0.25) is 0 Å². The lowest BCUT2D eigenvalue weighted by molar-refractivity contribution is -0.122. The first kappa shape index (κ1) is 17.2. The van der Waals surface area contributed by atoms with Crippen LogP contribution in [-0.4, -0.2) is 41.7 Å². The maximum atomic E-state index is 11.7. The van der Waals surface area contributed by atoms with Crippen LogP contribution < -0.4 is 10.1 Å². The summed E-state index contributed by atoms with van der Waals surface area (Å²) >= 11 is 0. The highest BCUT2D eigenvalue weighted by Gasteiger charge is 2.24. The van der Waals surface area contributed by atoms with Gasteiger partial charge in [-0.15, -0.1) is 13.2 Å². The number of nitrogens with zero attached hydrogens (tertiary/aromatic N) is 1. The molecule has 2 unspecified atom stereocenters. The van der Waals surface area contributed by atoms with Gasteiger partial charge >= 0.3 is 0 Å². The van der Waals surface area contributed by atoms with Crippen molar-refractivity contribution in [2.75, 3.05) is 25.0 Å². The second-order valence-corrected chi connectivity index (χ2v) is 5.65. The van der Waals surface area contributed by atoms with Crippen molar-refractivity contribution in [1.82, 2.24) is 4.90 Å². The van der Waals surface area contributed by atoms with Gasteiger partial charge in [-0.1, -0.05) is 18.2 Å². The lowest BCUT2D eigenvalue weighted by Gasteiger charge is -2.25. The zero-order valence-electron chi connectivity index (χ0n) is 13.5. The van der Waals surface area contributed by atoms with Crippen molar-refractivity contribution in [3.8, 4) is 5.75 Å². The number of aliphatic hydroxyl groups excluding tert-OH is 1. The van der Waals surface area contributed by atoms with Crippen LogP contribution in [0.4, 0.5) is 5.69 Å². The van der Waals surface area contributed by atoms with Crippen LogP contribution in [0.3, 0.4) is 0 Å². The first-order valence-corrected chi connectivity index (χ1v) is 7.78. The van der Waals surface area contributed by atoms with Gasteiger partial charge in [-0.2, -0.15) is 0 Å². The fraction of sp³-hybridized carbons (Fsp3) is 0.389. The third-order valence-electron chi connectivity index (χ3n) is 3.81. The van der Waals surface area contributed by atoms with Crippen LogP contribution >= 0.6 is 0 Å². The fourth-order valence-electron chi connectivity index (χ4n) is 2.53. The summed E-state index contributed by atoms with van der Waals surface area (Å²) < 4.78 is 5.52. The van der Waals surface area contributed by atoms with Gasteiger partial charge in [0.05, 0.1) is 11.8 Å². The number of nitrogens with one attached hydrogen (secondary N) is 1. The number of amides is 1. The van der Waals surface area contributed by atoms with Crippen molar-refractivity contribution in [3.05, 3.63) is 49.1 Å². The molecule has 1 aromatic carbocycles. The number of ether oxygens (including phenoxy) is 1. The highest BCUT2D eigenvalue weighted by atomic mass is 16.5. The Balaban J connectivity index is 2.01. The van der Waals surface area contributed by atoms with Crippen molar-refractivity contribution in [2.24, 2.45) is 0 Å². The quantitative estimate of drug-likeness (QED) is 0.724. The zero-order chi connectivity index (χ0) is 16.8. The third kappa shape index (κ3) is 4.43. The molecule has 0 aliphatic carbocycles. The number of aliphatic hydroxyl groups is 1. The van der Waals surface area contributed by atoms with E-state index in [4.69, 9.17) is 4.74 Å². The lowest BCUT2D eigenvalue weighted by Crippen LogP contribution is -2.34. The molecule has 0 fully saturated rings. The monoisotopic (exact) mass is 316 g/mol. The van der Waals surface area contributed by atoms with Crippen molar-refractivity contribution in [3.63, 3.8) is 0 Å². The molecule has 1 aliphatic rings. The van der Waals surface area contributed by atoms with Crippen molar-refractivity contribution >= 4 is 11.6 Å². The Morgan fingerprint density at radius 2 is 2.09 bits per heavy atom. The fourth-order valence-corrected chi connectivity index (χ4v) is 2.53. The molecule has 1 amide bonds. The van der Waals surface area contributed by atoms with Crippen LogP contribution in [-0.2, 0) is 4.79 Å². The van der Waals surface area contributed by atoms with Gasteiger partial charge in [-0.25, -0.2) is 0 Å². The van der Waals surface area contributed by atoms with E-state index in [1.807, 2.05) is 18.2 Å². The summed E-state index contributed by atoms with van der Waals surface area (Å²) in [6, 6.07) is 5.39. The van der Waals surface area contributed by atoms with Crippen molar-refractivity contribution < 1.29 is 14.6 Å². The van der Waals surface area contributed by atoms with E-state index >= 15 is 0 Å². The molecule has 5 heteroatoms. The van der Waals surface area contributed by atoms with E-state index in [1.54, 1.807) is 19.1 Å². The second-order valence-electron chi connectivity index (χ2n) is 5.65. The summed E-state index contributed by atoms with van der Waals surface area (Å²) in [6.45, 7) is 11.4. The van der Waals surface area contributed by atoms with Crippen LogP contribution in [0.15, 0.2) is 43.5 Å². The van der Waals surface area contributed by atoms with E-state index < -0.39 is 12.2 Å². The molecule has 0 radical (unpaired) electrons. The summed E-state index contributed by atoms with van der Waals surface area (Å²) in [4.78, 5) is 13.8. The first-order chi connectivity index (χ1) is 11.0. The van der Waals surface area contributed by atoms with Crippen LogP contribution in [0.5, 0.6) is 5.75 Å². The van der Waals surface area contributed by atoms with Gasteiger partial charge in [-0.3, -0.25) is 9.69 Å². The smallest absolute Gasteiger partial charge is 0.265 e. The number of hydrogen-bond donors (Lipinski definition) is 2. The molecule has 0 saturated carbocycles. The first-order valence-electron chi connectivity index (χ1n) is 7.78. The third-order valence-corrected chi connectivity index (χ3v) is 3.81. The Kier molecular flexibility index (Phi) is 5.96. The summed E-state index contributed by atoms with van der Waals surface area (Å²) in [6.07, 6.45) is 3.16. The van der Waals surface area contributed by atoms with Crippen molar-refractivity contribution in [2.45, 2.75) is 25.6 Å². The minimum atomic E-state index is -0.603. The molecule has 2 rings (SSSR count). The van der Waals surface area contributed by atoms with Crippen molar-refractivity contribution in [1.29, 1.82) is 0 Å². The summed E-state index contributed by atoms with van der Waals surface area (Å²) in [5, 5.41) is 13.2. The minimum Gasteiger partial charge on any atom is -0.479 e. The summed E-state index contributed by atoms with van der Waals surface area (Å²) in [5.74, 6) is 0.459. The molecule has 1 heterocycles. The number of fused-ring (bicyclic) bond motifs is 1. The molecular formula is C18H24N2O3. The number of hydrogen-bond acceptors (Lipinski definition) is 4. The Morgan fingerprint density at radius 3 is 2.74 bits per heavy atom. The Bertz CT molecular complexity index is 576. The van der Waals surface area contributed by atoms with Gasteiger partial charge in [0.1, 0.15) is 5.75 Å². The van der Waals surface area contributed by atoms with E-state index in [0.29, 0.717) is 17.9 Å². The Labute approximate surface area is 137 Å². The van der Waals surface area contributed by atoms with Gasteiger partial charge in [0.2, 0.25) is 0 Å². The molecular weight excluding hydrogens is 292 g/mol. The molecule has 23 heavy (non-hydrogen) atoms. The minimum absolute atomic E-state index is 0.174. The largest absolute Gasteiger partial charge is 0.479 e. The molecule has 2 N–H and O–H groups in total. The number of anilines is 1. The highest BCUT2D eigenvalue weighted by Crippen LogP contribution is 2.32. The SMILES string of the molecule is C=CCN(CC=C)CCC(O)c1ccc2c(c1)NC(=O)C(C)O2. The predicted molar refractivity (Wildman–Crippen MR) is 91.6 cm³/mol. The molecule has 1 aliphatic heterocycles. The number of benzene rings is 1. The number of carbonyl (C=O) groups excluding carboxylic acids is 1. The normalized spacial score (nSPS) is 17.9. The maximum absolute atomic E-state index is 11.7. The van der Waals surface area contributed by atoms with E-state index in [1.165, 1.54) is 0 Å². The Morgan fingerprint density at radius 1 is 1.39 bits per heavy atom. The van der Waals surface area contributed by atoms with E-state index in [9.17, 15) is 9.90 Å². The van der Waals surface area contributed by atoms with Gasteiger partial charge < -0.3 is 15.2 Å². The topological polar surface area (TPSA) is 61.8 Å². The second kappa shape index (κ2) is 7.94. The van der Waals surface area contributed by atoms with Gasteiger partial charge in [0.15, 0.2) is 6.10 Å². The van der Waals surface area contributed by atoms with Gasteiger partial charge in [-0.05, 0) is 31.0 Å².